The van der Waals surface area contributed by atoms with Crippen molar-refractivity contribution in [1.82, 2.24) is 20.0 Å². The summed E-state index contributed by atoms with van der Waals surface area (Å²) in [5.41, 5.74) is 2.54. The number of ether oxygens (including phenoxy) is 1. The van der Waals surface area contributed by atoms with Gasteiger partial charge in [0, 0.05) is 38.1 Å². The zero-order valence-electron chi connectivity index (χ0n) is 16.1. The van der Waals surface area contributed by atoms with Gasteiger partial charge in [-0.05, 0) is 35.4 Å². The van der Waals surface area contributed by atoms with E-state index >= 15 is 0 Å². The second-order valence-corrected chi connectivity index (χ2v) is 7.27. The predicted octanol–water partition coefficient (Wildman–Crippen LogP) is 1.55. The van der Waals surface area contributed by atoms with E-state index < -0.39 is 11.9 Å². The number of aromatic nitrogens is 2. The first kappa shape index (κ1) is 19.4. The zero-order valence-corrected chi connectivity index (χ0v) is 16.1. The molecule has 2 heterocycles. The van der Waals surface area contributed by atoms with Crippen LogP contribution in [0.2, 0.25) is 0 Å². The Hall–Kier alpha value is -2.97. The van der Waals surface area contributed by atoms with Crippen molar-refractivity contribution in [1.29, 1.82) is 0 Å². The molecule has 1 fully saturated rings. The molecule has 1 saturated heterocycles. The van der Waals surface area contributed by atoms with Gasteiger partial charge in [0.25, 0.3) is 0 Å². The summed E-state index contributed by atoms with van der Waals surface area (Å²) in [5.74, 6) is -0.113. The molecule has 7 nitrogen and oxygen atoms in total. The lowest BCUT2D eigenvalue weighted by Gasteiger charge is -2.28. The number of β-amino-alcohol motifs (C(OH)–C–C–N with tert-alkyl or cyclic N) is 1. The third kappa shape index (κ3) is 4.55. The molecule has 1 unspecified atom stereocenters. The lowest BCUT2D eigenvalue weighted by Crippen LogP contribution is -2.50. The molecule has 2 aromatic carbocycles. The van der Waals surface area contributed by atoms with Crippen LogP contribution in [0.25, 0.3) is 22.0 Å². The minimum atomic E-state index is -0.778. The number of nitrogens with one attached hydrogen (secondary N) is 1. The number of aryl methyl sites for hydroxylation is 1. The summed E-state index contributed by atoms with van der Waals surface area (Å²) in [6, 6.07) is 10.3. The Labute approximate surface area is 167 Å². The molecule has 1 aromatic heterocycles. The van der Waals surface area contributed by atoms with Gasteiger partial charge < -0.3 is 15.2 Å². The van der Waals surface area contributed by atoms with E-state index in [2.05, 4.69) is 10.4 Å². The molecule has 0 aliphatic carbocycles. The number of fused-ring (bicyclic) bond motifs is 1. The Morgan fingerprint density at radius 3 is 2.97 bits per heavy atom. The summed E-state index contributed by atoms with van der Waals surface area (Å²) in [4.78, 5) is 13.3. The lowest BCUT2D eigenvalue weighted by molar-refractivity contribution is -0.124. The minimum Gasteiger partial charge on any atom is -0.491 e. The molecule has 0 radical (unpaired) electrons. The fourth-order valence-corrected chi connectivity index (χ4v) is 3.55. The van der Waals surface area contributed by atoms with Gasteiger partial charge in [-0.3, -0.25) is 14.4 Å². The van der Waals surface area contributed by atoms with E-state index in [4.69, 9.17) is 4.74 Å². The highest BCUT2D eigenvalue weighted by atomic mass is 19.1. The van der Waals surface area contributed by atoms with Crippen LogP contribution in [-0.4, -0.2) is 64.6 Å². The van der Waals surface area contributed by atoms with Crippen molar-refractivity contribution in [3.63, 3.8) is 0 Å². The summed E-state index contributed by atoms with van der Waals surface area (Å²) in [6.07, 6.45) is 0.992. The van der Waals surface area contributed by atoms with Crippen LogP contribution in [-0.2, 0) is 11.8 Å². The van der Waals surface area contributed by atoms with E-state index in [0.29, 0.717) is 30.9 Å². The Kier molecular flexibility index (Phi) is 5.46. The first-order chi connectivity index (χ1) is 14.0. The Morgan fingerprint density at radius 1 is 1.28 bits per heavy atom. The van der Waals surface area contributed by atoms with Crippen molar-refractivity contribution in [3.05, 3.63) is 48.4 Å². The van der Waals surface area contributed by atoms with Gasteiger partial charge >= 0.3 is 0 Å². The second kappa shape index (κ2) is 8.18. The van der Waals surface area contributed by atoms with Gasteiger partial charge in [-0.2, -0.15) is 5.10 Å². The summed E-state index contributed by atoms with van der Waals surface area (Å²) in [7, 11) is 1.87. The fourth-order valence-electron chi connectivity index (χ4n) is 3.55. The van der Waals surface area contributed by atoms with Gasteiger partial charge in [-0.15, -0.1) is 0 Å². The molecule has 1 aliphatic heterocycles. The SMILES string of the molecule is Cn1ncc2cc(-c3cc(F)cc(OCC(O)CN4CCNC(=O)C4)c3)ccc21. The summed E-state index contributed by atoms with van der Waals surface area (Å²) >= 11 is 0. The maximum absolute atomic E-state index is 14.2. The van der Waals surface area contributed by atoms with Crippen molar-refractivity contribution in [2.45, 2.75) is 6.10 Å². The van der Waals surface area contributed by atoms with E-state index in [1.165, 1.54) is 12.1 Å². The first-order valence-electron chi connectivity index (χ1n) is 9.50. The van der Waals surface area contributed by atoms with Gasteiger partial charge in [0.05, 0.1) is 18.3 Å². The Balaban J connectivity index is 1.44. The number of amides is 1. The first-order valence-corrected chi connectivity index (χ1v) is 9.50. The smallest absolute Gasteiger partial charge is 0.234 e. The van der Waals surface area contributed by atoms with Crippen LogP contribution < -0.4 is 10.1 Å². The number of hydrogen-bond acceptors (Lipinski definition) is 5. The van der Waals surface area contributed by atoms with E-state index in [1.807, 2.05) is 30.1 Å². The molecule has 0 bridgehead atoms. The van der Waals surface area contributed by atoms with Crippen LogP contribution >= 0.6 is 0 Å². The summed E-state index contributed by atoms with van der Waals surface area (Å²) in [5, 5.41) is 18.2. The van der Waals surface area contributed by atoms with E-state index in [0.717, 1.165) is 16.5 Å². The topological polar surface area (TPSA) is 79.6 Å². The van der Waals surface area contributed by atoms with Crippen LogP contribution in [0, 0.1) is 5.82 Å². The summed E-state index contributed by atoms with van der Waals surface area (Å²) < 4.78 is 21.6. The highest BCUT2D eigenvalue weighted by Gasteiger charge is 2.19. The van der Waals surface area contributed by atoms with Gasteiger partial charge in [0.2, 0.25) is 5.91 Å². The average Bonchev–Trinajstić information content (AvgIpc) is 3.06. The molecular formula is C21H23FN4O3. The number of nitrogens with zero attached hydrogens (tertiary/aromatic N) is 3. The highest BCUT2D eigenvalue weighted by molar-refractivity contribution is 5.84. The number of halogens is 1. The van der Waals surface area contributed by atoms with Crippen molar-refractivity contribution >= 4 is 16.8 Å². The van der Waals surface area contributed by atoms with Gasteiger partial charge in [0.1, 0.15) is 24.3 Å². The van der Waals surface area contributed by atoms with Crippen LogP contribution in [0.5, 0.6) is 5.75 Å². The average molecular weight is 398 g/mol. The highest BCUT2D eigenvalue weighted by Crippen LogP contribution is 2.28. The molecule has 1 atom stereocenters. The van der Waals surface area contributed by atoms with Gasteiger partial charge in [0.15, 0.2) is 0 Å². The molecule has 0 saturated carbocycles. The maximum Gasteiger partial charge on any atom is 0.234 e. The molecule has 2 N–H and O–H groups in total. The molecule has 152 valence electrons. The minimum absolute atomic E-state index is 0.0165. The van der Waals surface area contributed by atoms with Crippen LogP contribution in [0.1, 0.15) is 0 Å². The second-order valence-electron chi connectivity index (χ2n) is 7.27. The summed E-state index contributed by atoms with van der Waals surface area (Å²) in [6.45, 7) is 1.86. The third-order valence-electron chi connectivity index (χ3n) is 4.98. The van der Waals surface area contributed by atoms with Crippen molar-refractivity contribution in [3.8, 4) is 16.9 Å². The molecule has 29 heavy (non-hydrogen) atoms. The number of piperazine rings is 1. The van der Waals surface area contributed by atoms with E-state index in [-0.39, 0.29) is 19.1 Å². The number of carbonyl (C=O) groups is 1. The number of benzene rings is 2. The zero-order chi connectivity index (χ0) is 20.4. The van der Waals surface area contributed by atoms with Crippen molar-refractivity contribution in [2.24, 2.45) is 7.05 Å². The fraction of sp³-hybridized carbons (Fsp3) is 0.333. The van der Waals surface area contributed by atoms with Crippen LogP contribution in [0.3, 0.4) is 0 Å². The predicted molar refractivity (Wildman–Crippen MR) is 107 cm³/mol. The Bertz CT molecular complexity index is 1040. The van der Waals surface area contributed by atoms with Crippen molar-refractivity contribution in [2.75, 3.05) is 32.8 Å². The lowest BCUT2D eigenvalue weighted by atomic mass is 10.0. The van der Waals surface area contributed by atoms with Gasteiger partial charge in [-0.25, -0.2) is 4.39 Å². The number of aliphatic hydroxyl groups is 1. The number of rotatable bonds is 6. The van der Waals surface area contributed by atoms with Crippen LogP contribution in [0.4, 0.5) is 4.39 Å². The quantitative estimate of drug-likeness (QED) is 0.659. The monoisotopic (exact) mass is 398 g/mol. The number of aliphatic hydroxyl groups excluding tert-OH is 1. The molecule has 8 heteroatoms. The molecular weight excluding hydrogens is 375 g/mol. The van der Waals surface area contributed by atoms with E-state index in [9.17, 15) is 14.3 Å². The normalized spacial score (nSPS) is 16.0. The van der Waals surface area contributed by atoms with Crippen molar-refractivity contribution < 1.29 is 19.0 Å². The third-order valence-corrected chi connectivity index (χ3v) is 4.98. The van der Waals surface area contributed by atoms with Gasteiger partial charge in [-0.1, -0.05) is 6.07 Å². The number of carbonyl (C=O) groups excluding carboxylic acids is 1. The van der Waals surface area contributed by atoms with E-state index in [1.54, 1.807) is 16.9 Å². The molecule has 1 aliphatic rings. The maximum atomic E-state index is 14.2. The number of hydrogen-bond donors (Lipinski definition) is 2. The largest absolute Gasteiger partial charge is 0.491 e. The molecule has 4 rings (SSSR count). The molecule has 0 spiro atoms. The standard InChI is InChI=1S/C21H23FN4O3/c1-25-20-3-2-14(6-16(20)10-24-25)15-7-17(22)9-19(8-15)29-13-18(27)11-26-5-4-23-21(28)12-26/h2-3,6-10,18,27H,4-5,11-13H2,1H3,(H,23,28). The molecule has 1 amide bonds. The molecule has 3 aromatic rings. The van der Waals surface area contributed by atoms with Crippen LogP contribution in [0.15, 0.2) is 42.6 Å². The Morgan fingerprint density at radius 2 is 2.14 bits per heavy atom.